The summed E-state index contributed by atoms with van der Waals surface area (Å²) in [5.74, 6) is 0.656. The number of halogens is 1. The lowest BCUT2D eigenvalue weighted by molar-refractivity contribution is 0.0695. The van der Waals surface area contributed by atoms with Crippen molar-refractivity contribution >= 4 is 33.2 Å². The zero-order valence-electron chi connectivity index (χ0n) is 9.44. The molecule has 3 nitrogen and oxygen atoms in total. The average molecular weight is 303 g/mol. The number of likely N-dealkylation sites (tertiary alicyclic amines) is 1. The van der Waals surface area contributed by atoms with E-state index in [1.165, 1.54) is 11.3 Å². The first kappa shape index (κ1) is 12.0. The Balaban J connectivity index is 2.06. The van der Waals surface area contributed by atoms with E-state index in [1.54, 1.807) is 6.20 Å². The molecule has 1 fully saturated rings. The van der Waals surface area contributed by atoms with Crippen LogP contribution in [-0.4, -0.2) is 33.7 Å². The molecule has 1 aromatic rings. The Kier molecular flexibility index (Phi) is 3.64. The summed E-state index contributed by atoms with van der Waals surface area (Å²) in [5.41, 5.74) is 0. The molecule has 1 aliphatic rings. The van der Waals surface area contributed by atoms with Gasteiger partial charge in [-0.05, 0) is 19.3 Å². The van der Waals surface area contributed by atoms with Gasteiger partial charge in [0.05, 0.1) is 11.2 Å². The van der Waals surface area contributed by atoms with Crippen molar-refractivity contribution in [1.29, 1.82) is 0 Å². The maximum Gasteiger partial charge on any atom is 0.265 e. The molecule has 1 amide bonds. The van der Waals surface area contributed by atoms with Crippen molar-refractivity contribution in [2.45, 2.75) is 25.1 Å². The fourth-order valence-electron chi connectivity index (χ4n) is 1.92. The number of amides is 1. The minimum atomic E-state index is 0.136. The maximum atomic E-state index is 12.1. The number of hydrogen-bond acceptors (Lipinski definition) is 3. The number of aromatic nitrogens is 1. The molecule has 0 aliphatic carbocycles. The minimum Gasteiger partial charge on any atom is -0.338 e. The summed E-state index contributed by atoms with van der Waals surface area (Å²) in [6.07, 6.45) is 2.72. The zero-order valence-corrected chi connectivity index (χ0v) is 11.8. The number of alkyl halides is 1. The highest BCUT2D eigenvalue weighted by molar-refractivity contribution is 9.09. The van der Waals surface area contributed by atoms with Crippen LogP contribution in [0.1, 0.15) is 28.0 Å². The molecule has 2 heterocycles. The van der Waals surface area contributed by atoms with E-state index in [4.69, 9.17) is 0 Å². The van der Waals surface area contributed by atoms with Gasteiger partial charge in [0.15, 0.2) is 0 Å². The number of aryl methyl sites for hydroxylation is 1. The first-order chi connectivity index (χ1) is 7.58. The summed E-state index contributed by atoms with van der Waals surface area (Å²) >= 11 is 5.12. The molecular weight excluding hydrogens is 288 g/mol. The van der Waals surface area contributed by atoms with E-state index in [0.717, 1.165) is 29.4 Å². The first-order valence-corrected chi connectivity index (χ1v) is 7.17. The third kappa shape index (κ3) is 2.46. The Hall–Kier alpha value is -0.420. The predicted molar refractivity (Wildman–Crippen MR) is 69.3 cm³/mol. The average Bonchev–Trinajstić information content (AvgIpc) is 2.68. The number of hydrogen-bond donors (Lipinski definition) is 0. The summed E-state index contributed by atoms with van der Waals surface area (Å²) < 4.78 is 0. The van der Waals surface area contributed by atoms with Crippen LogP contribution in [0.2, 0.25) is 0 Å². The van der Waals surface area contributed by atoms with Crippen LogP contribution in [-0.2, 0) is 0 Å². The van der Waals surface area contributed by atoms with Gasteiger partial charge in [-0.3, -0.25) is 4.79 Å². The highest BCUT2D eigenvalue weighted by Crippen LogP contribution is 2.25. The van der Waals surface area contributed by atoms with Gasteiger partial charge in [-0.2, -0.15) is 0 Å². The molecule has 0 spiro atoms. The second kappa shape index (κ2) is 4.84. The van der Waals surface area contributed by atoms with Crippen LogP contribution in [0.3, 0.4) is 0 Å². The number of carbonyl (C=O) groups excluding carboxylic acids is 1. The quantitative estimate of drug-likeness (QED) is 0.747. The van der Waals surface area contributed by atoms with Crippen molar-refractivity contribution < 1.29 is 4.79 Å². The van der Waals surface area contributed by atoms with Crippen molar-refractivity contribution in [2.75, 3.05) is 13.1 Å². The number of carbonyl (C=O) groups is 1. The van der Waals surface area contributed by atoms with Gasteiger partial charge in [0.2, 0.25) is 0 Å². The van der Waals surface area contributed by atoms with E-state index in [9.17, 15) is 4.79 Å². The van der Waals surface area contributed by atoms with Crippen LogP contribution in [0.25, 0.3) is 0 Å². The molecule has 5 heteroatoms. The molecule has 1 aromatic heterocycles. The van der Waals surface area contributed by atoms with Crippen LogP contribution in [0, 0.1) is 12.8 Å². The van der Waals surface area contributed by atoms with E-state index < -0.39 is 0 Å². The van der Waals surface area contributed by atoms with Crippen molar-refractivity contribution in [3.05, 3.63) is 16.1 Å². The smallest absolute Gasteiger partial charge is 0.265 e. The number of rotatable bonds is 1. The lowest BCUT2D eigenvalue weighted by Gasteiger charge is -2.34. The molecule has 2 atom stereocenters. The number of thiazole rings is 1. The monoisotopic (exact) mass is 302 g/mol. The van der Waals surface area contributed by atoms with Gasteiger partial charge in [0.25, 0.3) is 5.91 Å². The van der Waals surface area contributed by atoms with Gasteiger partial charge in [0.1, 0.15) is 4.88 Å². The fourth-order valence-corrected chi connectivity index (χ4v) is 3.03. The lowest BCUT2D eigenvalue weighted by atomic mass is 10.00. The summed E-state index contributed by atoms with van der Waals surface area (Å²) in [6.45, 7) is 5.79. The molecule has 0 aromatic carbocycles. The van der Waals surface area contributed by atoms with Crippen LogP contribution >= 0.6 is 27.3 Å². The molecule has 0 N–H and O–H groups in total. The van der Waals surface area contributed by atoms with E-state index in [-0.39, 0.29) is 5.91 Å². The fraction of sp³-hybridized carbons (Fsp3) is 0.636. The molecule has 1 aliphatic heterocycles. The standard InChI is InChI=1S/C11H15BrN2OS/c1-7-6-14(4-3-9(7)12)11(15)10-5-13-8(2)16-10/h5,7,9H,3-4,6H2,1-2H3. The Labute approximate surface area is 108 Å². The van der Waals surface area contributed by atoms with Gasteiger partial charge in [-0.15, -0.1) is 11.3 Å². The van der Waals surface area contributed by atoms with Crippen molar-refractivity contribution in [2.24, 2.45) is 5.92 Å². The van der Waals surface area contributed by atoms with Crippen LogP contribution < -0.4 is 0 Å². The Morgan fingerprint density at radius 3 is 3.00 bits per heavy atom. The van der Waals surface area contributed by atoms with E-state index >= 15 is 0 Å². The number of piperidine rings is 1. The highest BCUT2D eigenvalue weighted by atomic mass is 79.9. The molecule has 88 valence electrons. The van der Waals surface area contributed by atoms with E-state index in [0.29, 0.717) is 10.7 Å². The molecule has 2 rings (SSSR count). The Bertz CT molecular complexity index is 393. The van der Waals surface area contributed by atoms with Gasteiger partial charge in [0, 0.05) is 17.9 Å². The zero-order chi connectivity index (χ0) is 11.7. The molecule has 0 bridgehead atoms. The molecule has 1 saturated heterocycles. The predicted octanol–water partition coefficient (Wildman–Crippen LogP) is 2.70. The third-order valence-electron chi connectivity index (χ3n) is 2.92. The lowest BCUT2D eigenvalue weighted by Crippen LogP contribution is -2.43. The van der Waals surface area contributed by atoms with Crippen LogP contribution in [0.15, 0.2) is 6.20 Å². The van der Waals surface area contributed by atoms with Crippen molar-refractivity contribution in [1.82, 2.24) is 9.88 Å². The largest absolute Gasteiger partial charge is 0.338 e. The summed E-state index contributed by atoms with van der Waals surface area (Å²) in [4.78, 5) is 19.5. The SMILES string of the molecule is Cc1ncc(C(=O)N2CCC(Br)C(C)C2)s1. The van der Waals surface area contributed by atoms with Crippen molar-refractivity contribution in [3.63, 3.8) is 0 Å². The molecule has 16 heavy (non-hydrogen) atoms. The minimum absolute atomic E-state index is 0.136. The first-order valence-electron chi connectivity index (χ1n) is 5.43. The number of nitrogens with zero attached hydrogens (tertiary/aromatic N) is 2. The van der Waals surface area contributed by atoms with Crippen LogP contribution in [0.5, 0.6) is 0 Å². The van der Waals surface area contributed by atoms with Gasteiger partial charge < -0.3 is 4.90 Å². The second-order valence-electron chi connectivity index (χ2n) is 4.28. The molecule has 0 radical (unpaired) electrons. The highest BCUT2D eigenvalue weighted by Gasteiger charge is 2.28. The molecular formula is C11H15BrN2OS. The summed E-state index contributed by atoms with van der Waals surface area (Å²) in [6, 6.07) is 0. The summed E-state index contributed by atoms with van der Waals surface area (Å²) in [5, 5.41) is 0.951. The maximum absolute atomic E-state index is 12.1. The second-order valence-corrected chi connectivity index (χ2v) is 6.69. The molecule has 2 unspecified atom stereocenters. The van der Waals surface area contributed by atoms with Crippen molar-refractivity contribution in [3.8, 4) is 0 Å². The van der Waals surface area contributed by atoms with Gasteiger partial charge in [-0.1, -0.05) is 22.9 Å². The summed E-state index contributed by atoms with van der Waals surface area (Å²) in [7, 11) is 0. The van der Waals surface area contributed by atoms with Crippen LogP contribution in [0.4, 0.5) is 0 Å². The Morgan fingerprint density at radius 2 is 2.44 bits per heavy atom. The molecule has 0 saturated carbocycles. The van der Waals surface area contributed by atoms with E-state index in [2.05, 4.69) is 27.8 Å². The van der Waals surface area contributed by atoms with Gasteiger partial charge >= 0.3 is 0 Å². The van der Waals surface area contributed by atoms with E-state index in [1.807, 2.05) is 11.8 Å². The topological polar surface area (TPSA) is 33.2 Å². The van der Waals surface area contributed by atoms with Gasteiger partial charge in [-0.25, -0.2) is 4.98 Å². The Morgan fingerprint density at radius 1 is 1.69 bits per heavy atom. The normalized spacial score (nSPS) is 25.8. The third-order valence-corrected chi connectivity index (χ3v) is 5.18.